The SMILES string of the molecule is CS(=O)(=O)c1cccnc1N1CCC(O)CC1. The number of aromatic nitrogens is 1. The second kappa shape index (κ2) is 4.62. The van der Waals surface area contributed by atoms with Crippen LogP contribution in [0.4, 0.5) is 5.82 Å². The molecular formula is C11H16N2O3S. The van der Waals surface area contributed by atoms with Gasteiger partial charge in [-0.2, -0.15) is 0 Å². The predicted molar refractivity (Wildman–Crippen MR) is 64.8 cm³/mol. The van der Waals surface area contributed by atoms with Crippen LogP contribution in [0.5, 0.6) is 0 Å². The Morgan fingerprint density at radius 1 is 1.41 bits per heavy atom. The zero-order chi connectivity index (χ0) is 12.5. The molecule has 1 aliphatic heterocycles. The number of piperidine rings is 1. The highest BCUT2D eigenvalue weighted by Crippen LogP contribution is 2.25. The predicted octanol–water partition coefficient (Wildman–Crippen LogP) is 0.446. The Bertz CT molecular complexity index is 493. The Morgan fingerprint density at radius 3 is 2.65 bits per heavy atom. The molecule has 0 aromatic carbocycles. The molecule has 1 aromatic rings. The first kappa shape index (κ1) is 12.3. The van der Waals surface area contributed by atoms with Crippen LogP contribution in [0, 0.1) is 0 Å². The van der Waals surface area contributed by atoms with Crippen molar-refractivity contribution >= 4 is 15.7 Å². The largest absolute Gasteiger partial charge is 0.393 e. The Balaban J connectivity index is 2.33. The molecule has 6 heteroatoms. The van der Waals surface area contributed by atoms with Crippen molar-refractivity contribution in [3.8, 4) is 0 Å². The molecule has 94 valence electrons. The molecule has 1 aromatic heterocycles. The van der Waals surface area contributed by atoms with Gasteiger partial charge >= 0.3 is 0 Å². The lowest BCUT2D eigenvalue weighted by Crippen LogP contribution is -2.37. The maximum absolute atomic E-state index is 11.6. The van der Waals surface area contributed by atoms with E-state index < -0.39 is 9.84 Å². The molecular weight excluding hydrogens is 240 g/mol. The summed E-state index contributed by atoms with van der Waals surface area (Å²) in [5, 5.41) is 9.44. The minimum atomic E-state index is -3.26. The number of sulfone groups is 1. The molecule has 0 radical (unpaired) electrons. The van der Waals surface area contributed by atoms with Crippen LogP contribution in [-0.4, -0.2) is 44.0 Å². The molecule has 1 saturated heterocycles. The molecule has 17 heavy (non-hydrogen) atoms. The zero-order valence-corrected chi connectivity index (χ0v) is 10.5. The van der Waals surface area contributed by atoms with Crippen LogP contribution in [0.1, 0.15) is 12.8 Å². The molecule has 0 bridgehead atoms. The van der Waals surface area contributed by atoms with Gasteiger partial charge in [-0.05, 0) is 25.0 Å². The first-order valence-corrected chi connectivity index (χ1v) is 7.46. The Hall–Kier alpha value is -1.14. The molecule has 0 unspecified atom stereocenters. The summed E-state index contributed by atoms with van der Waals surface area (Å²) >= 11 is 0. The number of rotatable bonds is 2. The zero-order valence-electron chi connectivity index (χ0n) is 9.70. The van der Waals surface area contributed by atoms with Gasteiger partial charge in [0.05, 0.1) is 6.10 Å². The number of nitrogens with zero attached hydrogens (tertiary/aromatic N) is 2. The molecule has 5 nitrogen and oxygen atoms in total. The van der Waals surface area contributed by atoms with Gasteiger partial charge in [-0.15, -0.1) is 0 Å². The number of hydrogen-bond donors (Lipinski definition) is 1. The van der Waals surface area contributed by atoms with E-state index in [0.29, 0.717) is 31.7 Å². The fourth-order valence-electron chi connectivity index (χ4n) is 1.99. The summed E-state index contributed by atoms with van der Waals surface area (Å²) in [5.41, 5.74) is 0. The van der Waals surface area contributed by atoms with Crippen molar-refractivity contribution in [3.63, 3.8) is 0 Å². The lowest BCUT2D eigenvalue weighted by Gasteiger charge is -2.31. The number of aliphatic hydroxyl groups excluding tert-OH is 1. The van der Waals surface area contributed by atoms with E-state index in [1.54, 1.807) is 18.3 Å². The molecule has 0 spiro atoms. The van der Waals surface area contributed by atoms with E-state index in [2.05, 4.69) is 4.98 Å². The van der Waals surface area contributed by atoms with Crippen LogP contribution in [0.3, 0.4) is 0 Å². The third kappa shape index (κ3) is 2.76. The van der Waals surface area contributed by atoms with E-state index in [0.717, 1.165) is 0 Å². The average Bonchev–Trinajstić information content (AvgIpc) is 2.29. The molecule has 0 aliphatic carbocycles. The van der Waals surface area contributed by atoms with Gasteiger partial charge in [0.2, 0.25) is 0 Å². The number of pyridine rings is 1. The first-order valence-electron chi connectivity index (χ1n) is 5.56. The molecule has 1 N–H and O–H groups in total. The Morgan fingerprint density at radius 2 is 2.06 bits per heavy atom. The second-order valence-electron chi connectivity index (χ2n) is 4.32. The van der Waals surface area contributed by atoms with Crippen LogP contribution in [-0.2, 0) is 9.84 Å². The van der Waals surface area contributed by atoms with E-state index in [1.165, 1.54) is 6.26 Å². The van der Waals surface area contributed by atoms with Crippen LogP contribution in [0.15, 0.2) is 23.2 Å². The van der Waals surface area contributed by atoms with Crippen molar-refractivity contribution in [1.29, 1.82) is 0 Å². The van der Waals surface area contributed by atoms with Crippen molar-refractivity contribution in [1.82, 2.24) is 4.98 Å². The van der Waals surface area contributed by atoms with Gasteiger partial charge in [0.25, 0.3) is 0 Å². The van der Waals surface area contributed by atoms with Crippen LogP contribution < -0.4 is 4.90 Å². The highest BCUT2D eigenvalue weighted by Gasteiger charge is 2.23. The van der Waals surface area contributed by atoms with Gasteiger partial charge in [-0.1, -0.05) is 0 Å². The summed E-state index contributed by atoms with van der Waals surface area (Å²) in [5.74, 6) is 0.502. The van der Waals surface area contributed by atoms with Gasteiger partial charge in [0, 0.05) is 25.5 Å². The fraction of sp³-hybridized carbons (Fsp3) is 0.545. The smallest absolute Gasteiger partial charge is 0.179 e. The van der Waals surface area contributed by atoms with Crippen molar-refractivity contribution in [3.05, 3.63) is 18.3 Å². The van der Waals surface area contributed by atoms with E-state index >= 15 is 0 Å². The summed E-state index contributed by atoms with van der Waals surface area (Å²) in [6.07, 6.45) is 3.80. The minimum Gasteiger partial charge on any atom is -0.393 e. The Kier molecular flexibility index (Phi) is 3.35. The quantitative estimate of drug-likeness (QED) is 0.831. The monoisotopic (exact) mass is 256 g/mol. The van der Waals surface area contributed by atoms with Gasteiger partial charge < -0.3 is 10.0 Å². The maximum Gasteiger partial charge on any atom is 0.179 e. The van der Waals surface area contributed by atoms with E-state index in [1.807, 2.05) is 4.90 Å². The van der Waals surface area contributed by atoms with Gasteiger partial charge in [-0.25, -0.2) is 13.4 Å². The average molecular weight is 256 g/mol. The summed E-state index contributed by atoms with van der Waals surface area (Å²) in [7, 11) is -3.26. The number of hydrogen-bond acceptors (Lipinski definition) is 5. The molecule has 1 fully saturated rings. The fourth-order valence-corrected chi connectivity index (χ4v) is 2.83. The van der Waals surface area contributed by atoms with E-state index in [-0.39, 0.29) is 11.0 Å². The minimum absolute atomic E-state index is 0.261. The molecule has 1 aliphatic rings. The van der Waals surface area contributed by atoms with Gasteiger partial charge in [0.15, 0.2) is 9.84 Å². The third-order valence-electron chi connectivity index (χ3n) is 2.91. The van der Waals surface area contributed by atoms with Crippen LogP contribution in [0.25, 0.3) is 0 Å². The van der Waals surface area contributed by atoms with Crippen molar-refractivity contribution in [2.45, 2.75) is 23.8 Å². The maximum atomic E-state index is 11.6. The summed E-state index contributed by atoms with van der Waals surface area (Å²) in [4.78, 5) is 6.34. The van der Waals surface area contributed by atoms with E-state index in [9.17, 15) is 13.5 Å². The highest BCUT2D eigenvalue weighted by molar-refractivity contribution is 7.90. The number of aliphatic hydroxyl groups is 1. The molecule has 0 amide bonds. The summed E-state index contributed by atoms with van der Waals surface area (Å²) in [6.45, 7) is 1.28. The van der Waals surface area contributed by atoms with Gasteiger partial charge in [0.1, 0.15) is 10.7 Å². The highest BCUT2D eigenvalue weighted by atomic mass is 32.2. The van der Waals surface area contributed by atoms with Gasteiger partial charge in [-0.3, -0.25) is 0 Å². The molecule has 2 rings (SSSR count). The topological polar surface area (TPSA) is 70.5 Å². The molecule has 0 atom stereocenters. The normalized spacial score (nSPS) is 18.4. The summed E-state index contributed by atoms with van der Waals surface area (Å²) in [6, 6.07) is 3.20. The van der Waals surface area contributed by atoms with Crippen molar-refractivity contribution < 1.29 is 13.5 Å². The summed E-state index contributed by atoms with van der Waals surface area (Å²) < 4.78 is 23.3. The van der Waals surface area contributed by atoms with Crippen LogP contribution >= 0.6 is 0 Å². The number of anilines is 1. The lowest BCUT2D eigenvalue weighted by atomic mass is 10.1. The standard InChI is InChI=1S/C11H16N2O3S/c1-17(15,16)10-3-2-6-12-11(10)13-7-4-9(14)5-8-13/h2-3,6,9,14H,4-5,7-8H2,1H3. The first-order chi connectivity index (χ1) is 7.98. The van der Waals surface area contributed by atoms with Crippen molar-refractivity contribution in [2.24, 2.45) is 0 Å². The van der Waals surface area contributed by atoms with Crippen molar-refractivity contribution in [2.75, 3.05) is 24.2 Å². The Labute approximate surface area is 101 Å². The lowest BCUT2D eigenvalue weighted by molar-refractivity contribution is 0.145. The second-order valence-corrected chi connectivity index (χ2v) is 6.30. The third-order valence-corrected chi connectivity index (χ3v) is 4.03. The van der Waals surface area contributed by atoms with E-state index in [4.69, 9.17) is 0 Å². The molecule has 0 saturated carbocycles. The molecule has 2 heterocycles. The van der Waals surface area contributed by atoms with Crippen LogP contribution in [0.2, 0.25) is 0 Å².